The molecule has 1 saturated heterocycles. The molecule has 1 aliphatic rings. The second kappa shape index (κ2) is 2.81. The number of nitrogens with zero attached hydrogens (tertiary/aromatic N) is 3. The van der Waals surface area contributed by atoms with E-state index in [0.29, 0.717) is 4.73 Å². The molecular formula is C6H9BrN4. The van der Waals surface area contributed by atoms with Gasteiger partial charge in [-0.3, -0.25) is 0 Å². The summed E-state index contributed by atoms with van der Waals surface area (Å²) in [7, 11) is 0. The van der Waals surface area contributed by atoms with E-state index >= 15 is 0 Å². The highest BCUT2D eigenvalue weighted by atomic mass is 79.9. The topological polar surface area (TPSA) is 44.8 Å². The van der Waals surface area contributed by atoms with Crippen molar-refractivity contribution in [3.63, 3.8) is 0 Å². The van der Waals surface area contributed by atoms with Crippen LogP contribution in [0.25, 0.3) is 0 Å². The summed E-state index contributed by atoms with van der Waals surface area (Å²) in [6.45, 7) is 2.20. The highest BCUT2D eigenvalue weighted by Crippen LogP contribution is 2.16. The number of hydrogen-bond donors (Lipinski definition) is 1. The zero-order valence-corrected chi connectivity index (χ0v) is 7.63. The molecule has 1 fully saturated rings. The lowest BCUT2D eigenvalue weighted by Gasteiger charge is -2.11. The van der Waals surface area contributed by atoms with Crippen LogP contribution in [0.5, 0.6) is 0 Å². The zero-order valence-electron chi connectivity index (χ0n) is 6.05. The Morgan fingerprint density at radius 2 is 2.00 bits per heavy atom. The molecule has 0 bridgehead atoms. The van der Waals surface area contributed by atoms with E-state index in [-0.39, 0.29) is 0 Å². The van der Waals surface area contributed by atoms with E-state index in [9.17, 15) is 0 Å². The van der Waals surface area contributed by atoms with Crippen LogP contribution in [0.15, 0.2) is 4.73 Å². The molecular weight excluding hydrogens is 208 g/mol. The molecule has 0 radical (unpaired) electrons. The molecule has 2 heterocycles. The Bertz CT molecular complexity index is 240. The van der Waals surface area contributed by atoms with E-state index in [4.69, 9.17) is 0 Å². The van der Waals surface area contributed by atoms with Crippen LogP contribution in [0.3, 0.4) is 0 Å². The van der Waals surface area contributed by atoms with Crippen LogP contribution >= 0.6 is 15.9 Å². The molecule has 11 heavy (non-hydrogen) atoms. The minimum atomic E-state index is 0.708. The number of aromatic amines is 1. The Kier molecular flexibility index (Phi) is 1.81. The maximum atomic E-state index is 3.97. The summed E-state index contributed by atoms with van der Waals surface area (Å²) in [5, 5.41) is 7.80. The van der Waals surface area contributed by atoms with Crippen molar-refractivity contribution in [3.8, 4) is 0 Å². The van der Waals surface area contributed by atoms with Crippen LogP contribution in [0.4, 0.5) is 5.95 Å². The van der Waals surface area contributed by atoms with Crippen molar-refractivity contribution < 1.29 is 0 Å². The summed E-state index contributed by atoms with van der Waals surface area (Å²) < 4.78 is 0.708. The highest BCUT2D eigenvalue weighted by Gasteiger charge is 2.14. The highest BCUT2D eigenvalue weighted by molar-refractivity contribution is 9.10. The van der Waals surface area contributed by atoms with Gasteiger partial charge in [-0.15, -0.1) is 10.2 Å². The smallest absolute Gasteiger partial charge is 0.225 e. The molecule has 1 aromatic rings. The van der Waals surface area contributed by atoms with Crippen LogP contribution in [-0.2, 0) is 0 Å². The van der Waals surface area contributed by atoms with Gasteiger partial charge in [-0.2, -0.15) is 0 Å². The molecule has 1 aliphatic heterocycles. The monoisotopic (exact) mass is 216 g/mol. The summed E-state index contributed by atoms with van der Waals surface area (Å²) in [5.74, 6) is 0.884. The van der Waals surface area contributed by atoms with E-state index in [1.165, 1.54) is 12.8 Å². The average Bonchev–Trinajstić information content (AvgIpc) is 2.55. The molecule has 0 saturated carbocycles. The quantitative estimate of drug-likeness (QED) is 0.767. The molecule has 0 spiro atoms. The molecule has 60 valence electrons. The van der Waals surface area contributed by atoms with Gasteiger partial charge >= 0.3 is 0 Å². The number of hydrogen-bond acceptors (Lipinski definition) is 3. The third kappa shape index (κ3) is 1.38. The second-order valence-electron chi connectivity index (χ2n) is 2.63. The van der Waals surface area contributed by atoms with Gasteiger partial charge in [-0.05, 0) is 28.8 Å². The Morgan fingerprint density at radius 3 is 2.55 bits per heavy atom. The van der Waals surface area contributed by atoms with Crippen molar-refractivity contribution in [2.75, 3.05) is 18.0 Å². The SMILES string of the molecule is Brc1nnc(N2CCCC2)[nH]1. The first kappa shape index (κ1) is 7.09. The Balaban J connectivity index is 2.15. The molecule has 1 aromatic heterocycles. The lowest BCUT2D eigenvalue weighted by molar-refractivity contribution is 0.903. The fourth-order valence-corrected chi connectivity index (χ4v) is 1.56. The van der Waals surface area contributed by atoms with Crippen LogP contribution in [0, 0.1) is 0 Å². The third-order valence-electron chi connectivity index (χ3n) is 1.85. The number of H-pyrrole nitrogens is 1. The van der Waals surface area contributed by atoms with Crippen molar-refractivity contribution in [1.29, 1.82) is 0 Å². The van der Waals surface area contributed by atoms with Crippen molar-refractivity contribution >= 4 is 21.9 Å². The number of anilines is 1. The van der Waals surface area contributed by atoms with E-state index in [1.807, 2.05) is 0 Å². The van der Waals surface area contributed by atoms with Gasteiger partial charge in [0.1, 0.15) is 0 Å². The first-order valence-corrected chi connectivity index (χ1v) is 4.49. The lowest BCUT2D eigenvalue weighted by Crippen LogP contribution is -2.18. The van der Waals surface area contributed by atoms with Crippen molar-refractivity contribution in [2.45, 2.75) is 12.8 Å². The van der Waals surface area contributed by atoms with Gasteiger partial charge in [0.25, 0.3) is 0 Å². The lowest BCUT2D eigenvalue weighted by atomic mass is 10.4. The molecule has 0 aromatic carbocycles. The predicted octanol–water partition coefficient (Wildman–Crippen LogP) is 1.17. The normalized spacial score (nSPS) is 17.7. The summed E-state index contributed by atoms with van der Waals surface area (Å²) in [6, 6.07) is 0. The third-order valence-corrected chi connectivity index (χ3v) is 2.21. The molecule has 0 atom stereocenters. The van der Waals surface area contributed by atoms with E-state index in [0.717, 1.165) is 19.0 Å². The maximum Gasteiger partial charge on any atom is 0.225 e. The largest absolute Gasteiger partial charge is 0.341 e. The van der Waals surface area contributed by atoms with Crippen molar-refractivity contribution in [2.24, 2.45) is 0 Å². The number of aromatic nitrogens is 3. The van der Waals surface area contributed by atoms with E-state index < -0.39 is 0 Å². The maximum absolute atomic E-state index is 3.97. The second-order valence-corrected chi connectivity index (χ2v) is 3.38. The fraction of sp³-hybridized carbons (Fsp3) is 0.667. The summed E-state index contributed by atoms with van der Waals surface area (Å²) in [5.41, 5.74) is 0. The van der Waals surface area contributed by atoms with Gasteiger partial charge in [-0.25, -0.2) is 0 Å². The zero-order chi connectivity index (χ0) is 7.68. The van der Waals surface area contributed by atoms with Crippen LogP contribution < -0.4 is 4.90 Å². The molecule has 0 amide bonds. The van der Waals surface area contributed by atoms with Crippen molar-refractivity contribution in [1.82, 2.24) is 15.2 Å². The molecule has 0 unspecified atom stereocenters. The van der Waals surface area contributed by atoms with Gasteiger partial charge in [0.2, 0.25) is 5.95 Å². The summed E-state index contributed by atoms with van der Waals surface area (Å²) in [4.78, 5) is 5.24. The average molecular weight is 217 g/mol. The summed E-state index contributed by atoms with van der Waals surface area (Å²) >= 11 is 3.22. The standard InChI is InChI=1S/C6H9BrN4/c7-5-8-6(10-9-5)11-3-1-2-4-11/h1-4H2,(H,8,9,10). The first-order chi connectivity index (χ1) is 5.36. The van der Waals surface area contributed by atoms with Gasteiger partial charge in [0.15, 0.2) is 4.73 Å². The predicted molar refractivity (Wildman–Crippen MR) is 45.5 cm³/mol. The Labute approximate surface area is 73.1 Å². The molecule has 2 rings (SSSR count). The number of halogens is 1. The van der Waals surface area contributed by atoms with Crippen LogP contribution in [0.1, 0.15) is 12.8 Å². The van der Waals surface area contributed by atoms with E-state index in [1.54, 1.807) is 0 Å². The van der Waals surface area contributed by atoms with Gasteiger partial charge in [0, 0.05) is 13.1 Å². The van der Waals surface area contributed by atoms with Crippen LogP contribution in [0.2, 0.25) is 0 Å². The summed E-state index contributed by atoms with van der Waals surface area (Å²) in [6.07, 6.45) is 2.52. The molecule has 5 heteroatoms. The first-order valence-electron chi connectivity index (χ1n) is 3.69. The fourth-order valence-electron chi connectivity index (χ4n) is 1.30. The number of nitrogens with one attached hydrogen (secondary N) is 1. The Morgan fingerprint density at radius 1 is 1.27 bits per heavy atom. The van der Waals surface area contributed by atoms with Crippen molar-refractivity contribution in [3.05, 3.63) is 4.73 Å². The minimum Gasteiger partial charge on any atom is -0.341 e. The number of rotatable bonds is 1. The van der Waals surface area contributed by atoms with Gasteiger partial charge in [0.05, 0.1) is 0 Å². The molecule has 4 nitrogen and oxygen atoms in total. The molecule has 0 aliphatic carbocycles. The van der Waals surface area contributed by atoms with Gasteiger partial charge in [-0.1, -0.05) is 0 Å². The molecule has 1 N–H and O–H groups in total. The van der Waals surface area contributed by atoms with Gasteiger partial charge < -0.3 is 9.88 Å². The Hall–Kier alpha value is -0.580. The minimum absolute atomic E-state index is 0.708. The van der Waals surface area contributed by atoms with Crippen LogP contribution in [-0.4, -0.2) is 28.3 Å². The van der Waals surface area contributed by atoms with E-state index in [2.05, 4.69) is 36.0 Å².